The van der Waals surface area contributed by atoms with Crippen LogP contribution in [0.4, 0.5) is 0 Å². The van der Waals surface area contributed by atoms with E-state index in [1.54, 1.807) is 12.1 Å². The second kappa shape index (κ2) is 6.00. The van der Waals surface area contributed by atoms with E-state index in [4.69, 9.17) is 16.2 Å². The minimum Gasteiger partial charge on any atom is -0.444 e. The first kappa shape index (κ1) is 14.5. The van der Waals surface area contributed by atoms with Crippen LogP contribution in [0.1, 0.15) is 48.2 Å². The molecule has 108 valence electrons. The molecule has 6 nitrogen and oxygen atoms in total. The van der Waals surface area contributed by atoms with E-state index in [9.17, 15) is 9.59 Å². The van der Waals surface area contributed by atoms with Crippen molar-refractivity contribution in [2.75, 3.05) is 0 Å². The van der Waals surface area contributed by atoms with E-state index >= 15 is 0 Å². The van der Waals surface area contributed by atoms with E-state index < -0.39 is 17.5 Å². The monoisotopic (exact) mass is 277 g/mol. The van der Waals surface area contributed by atoms with Gasteiger partial charge in [-0.15, -0.1) is 0 Å². The Morgan fingerprint density at radius 2 is 1.95 bits per heavy atom. The molecule has 1 heterocycles. The van der Waals surface area contributed by atoms with Crippen LogP contribution < -0.4 is 11.5 Å². The summed E-state index contributed by atoms with van der Waals surface area (Å²) in [6.07, 6.45) is 5.17. The Labute approximate surface area is 117 Å². The fourth-order valence-corrected chi connectivity index (χ4v) is 2.42. The van der Waals surface area contributed by atoms with Crippen molar-refractivity contribution in [1.29, 1.82) is 0 Å². The third-order valence-electron chi connectivity index (χ3n) is 3.67. The Bertz CT molecular complexity index is 493. The van der Waals surface area contributed by atoms with Crippen LogP contribution in [-0.4, -0.2) is 22.5 Å². The number of aromatic nitrogens is 1. The summed E-state index contributed by atoms with van der Waals surface area (Å²) in [6, 6.07) is 3.25. The Balaban J connectivity index is 2.13. The Hall–Kier alpha value is -1.95. The van der Waals surface area contributed by atoms with Crippen LogP contribution >= 0.6 is 0 Å². The van der Waals surface area contributed by atoms with E-state index in [1.807, 2.05) is 0 Å². The Morgan fingerprint density at radius 1 is 1.25 bits per heavy atom. The standard InChI is InChI=1S/C14H19N3O3/c15-8-10-4-5-11(17-9-10)12(18)20-14(13(16)19)6-2-1-3-7-14/h4-5,9H,1-3,6-8,15H2,(H2,16,19). The molecule has 0 atom stereocenters. The van der Waals surface area contributed by atoms with Crippen molar-refractivity contribution >= 4 is 11.9 Å². The first-order valence-electron chi connectivity index (χ1n) is 6.76. The van der Waals surface area contributed by atoms with Gasteiger partial charge >= 0.3 is 5.97 Å². The maximum Gasteiger partial charge on any atom is 0.357 e. The van der Waals surface area contributed by atoms with Gasteiger partial charge in [0.2, 0.25) is 0 Å². The van der Waals surface area contributed by atoms with Crippen molar-refractivity contribution in [2.45, 2.75) is 44.2 Å². The van der Waals surface area contributed by atoms with Gasteiger partial charge in [0.15, 0.2) is 5.60 Å². The summed E-state index contributed by atoms with van der Waals surface area (Å²) in [5, 5.41) is 0. The number of nitrogens with two attached hydrogens (primary N) is 2. The highest BCUT2D eigenvalue weighted by molar-refractivity contribution is 5.92. The molecule has 1 aromatic rings. The maximum atomic E-state index is 12.1. The highest BCUT2D eigenvalue weighted by Gasteiger charge is 2.42. The number of carbonyl (C=O) groups is 2. The fourth-order valence-electron chi connectivity index (χ4n) is 2.42. The number of rotatable bonds is 4. The molecular formula is C14H19N3O3. The molecule has 0 aromatic carbocycles. The minimum absolute atomic E-state index is 0.161. The highest BCUT2D eigenvalue weighted by Crippen LogP contribution is 2.32. The molecule has 4 N–H and O–H groups in total. The zero-order valence-corrected chi connectivity index (χ0v) is 11.3. The summed E-state index contributed by atoms with van der Waals surface area (Å²) in [5.74, 6) is -1.20. The molecule has 0 aliphatic heterocycles. The first-order valence-corrected chi connectivity index (χ1v) is 6.76. The van der Waals surface area contributed by atoms with Gasteiger partial charge in [-0.2, -0.15) is 0 Å². The van der Waals surface area contributed by atoms with Gasteiger partial charge in [-0.3, -0.25) is 4.79 Å². The number of hydrogen-bond donors (Lipinski definition) is 2. The minimum atomic E-state index is -1.18. The zero-order valence-electron chi connectivity index (χ0n) is 11.3. The van der Waals surface area contributed by atoms with Gasteiger partial charge in [-0.25, -0.2) is 9.78 Å². The lowest BCUT2D eigenvalue weighted by molar-refractivity contribution is -0.140. The topological polar surface area (TPSA) is 108 Å². The van der Waals surface area contributed by atoms with Crippen LogP contribution in [0.15, 0.2) is 18.3 Å². The Kier molecular flexibility index (Phi) is 4.34. The first-order chi connectivity index (χ1) is 9.57. The molecular weight excluding hydrogens is 258 g/mol. The molecule has 20 heavy (non-hydrogen) atoms. The molecule has 1 aliphatic carbocycles. The van der Waals surface area contributed by atoms with E-state index in [0.717, 1.165) is 24.8 Å². The van der Waals surface area contributed by atoms with Gasteiger partial charge < -0.3 is 16.2 Å². The summed E-state index contributed by atoms with van der Waals surface area (Å²) in [7, 11) is 0. The Morgan fingerprint density at radius 3 is 2.45 bits per heavy atom. The van der Waals surface area contributed by atoms with Crippen molar-refractivity contribution < 1.29 is 14.3 Å². The summed E-state index contributed by atoms with van der Waals surface area (Å²) >= 11 is 0. The third kappa shape index (κ3) is 2.96. The van der Waals surface area contributed by atoms with Gasteiger partial charge in [0, 0.05) is 12.7 Å². The van der Waals surface area contributed by atoms with E-state index in [-0.39, 0.29) is 5.69 Å². The molecule has 2 rings (SSSR count). The molecule has 0 bridgehead atoms. The smallest absolute Gasteiger partial charge is 0.357 e. The van der Waals surface area contributed by atoms with Crippen molar-refractivity contribution in [2.24, 2.45) is 11.5 Å². The molecule has 0 saturated heterocycles. The molecule has 0 radical (unpaired) electrons. The van der Waals surface area contributed by atoms with Gasteiger partial charge in [-0.1, -0.05) is 12.5 Å². The lowest BCUT2D eigenvalue weighted by atomic mass is 9.84. The summed E-state index contributed by atoms with van der Waals surface area (Å²) in [4.78, 5) is 27.7. The third-order valence-corrected chi connectivity index (χ3v) is 3.67. The summed E-state index contributed by atoms with van der Waals surface area (Å²) in [5.41, 5.74) is 10.7. The highest BCUT2D eigenvalue weighted by atomic mass is 16.6. The van der Waals surface area contributed by atoms with E-state index in [2.05, 4.69) is 4.98 Å². The number of amides is 1. The number of carbonyl (C=O) groups excluding carboxylic acids is 2. The second-order valence-electron chi connectivity index (χ2n) is 5.06. The van der Waals surface area contributed by atoms with Crippen LogP contribution in [0.3, 0.4) is 0 Å². The number of pyridine rings is 1. The predicted molar refractivity (Wildman–Crippen MR) is 72.6 cm³/mol. The molecule has 0 unspecified atom stereocenters. The SMILES string of the molecule is NCc1ccc(C(=O)OC2(C(N)=O)CCCCC2)nc1. The van der Waals surface area contributed by atoms with E-state index in [1.165, 1.54) is 6.20 Å². The second-order valence-corrected chi connectivity index (χ2v) is 5.06. The van der Waals surface area contributed by atoms with Gasteiger partial charge in [0.25, 0.3) is 5.91 Å². The fraction of sp³-hybridized carbons (Fsp3) is 0.500. The summed E-state index contributed by atoms with van der Waals surface area (Å²) in [6.45, 7) is 0.355. The largest absolute Gasteiger partial charge is 0.444 e. The van der Waals surface area contributed by atoms with Crippen molar-refractivity contribution in [1.82, 2.24) is 4.98 Å². The lowest BCUT2D eigenvalue weighted by Crippen LogP contribution is -2.49. The number of primary amides is 1. The molecule has 0 spiro atoms. The normalized spacial score (nSPS) is 17.4. The van der Waals surface area contributed by atoms with Crippen molar-refractivity contribution in [3.05, 3.63) is 29.6 Å². The number of nitrogens with zero attached hydrogens (tertiary/aromatic N) is 1. The van der Waals surface area contributed by atoms with Gasteiger partial charge in [-0.05, 0) is 37.3 Å². The number of ether oxygens (including phenoxy) is 1. The van der Waals surface area contributed by atoms with Crippen molar-refractivity contribution in [3.63, 3.8) is 0 Å². The molecule has 6 heteroatoms. The van der Waals surface area contributed by atoms with Crippen LogP contribution in [-0.2, 0) is 16.1 Å². The molecule has 1 saturated carbocycles. The molecule has 1 aromatic heterocycles. The number of hydrogen-bond acceptors (Lipinski definition) is 5. The average molecular weight is 277 g/mol. The maximum absolute atomic E-state index is 12.1. The van der Waals surface area contributed by atoms with Crippen LogP contribution in [0.5, 0.6) is 0 Å². The molecule has 1 amide bonds. The van der Waals surface area contributed by atoms with Gasteiger partial charge in [0.1, 0.15) is 5.69 Å². The van der Waals surface area contributed by atoms with Crippen LogP contribution in [0, 0.1) is 0 Å². The number of esters is 1. The predicted octanol–water partition coefficient (Wildman–Crippen LogP) is 0.885. The van der Waals surface area contributed by atoms with Crippen molar-refractivity contribution in [3.8, 4) is 0 Å². The van der Waals surface area contributed by atoms with E-state index in [0.29, 0.717) is 19.4 Å². The quantitative estimate of drug-likeness (QED) is 0.794. The zero-order chi connectivity index (χ0) is 14.6. The van der Waals surface area contributed by atoms with Gasteiger partial charge in [0.05, 0.1) is 0 Å². The summed E-state index contributed by atoms with van der Waals surface area (Å²) < 4.78 is 5.39. The van der Waals surface area contributed by atoms with Crippen LogP contribution in [0.2, 0.25) is 0 Å². The molecule has 1 aliphatic rings. The molecule has 1 fully saturated rings. The van der Waals surface area contributed by atoms with Crippen LogP contribution in [0.25, 0.3) is 0 Å². The lowest BCUT2D eigenvalue weighted by Gasteiger charge is -2.33. The average Bonchev–Trinajstić information content (AvgIpc) is 2.48.